The molecule has 1 aliphatic heterocycles. The number of ketones is 1. The first-order chi connectivity index (χ1) is 12.7. The Bertz CT molecular complexity index is 698. The van der Waals surface area contributed by atoms with E-state index in [2.05, 4.69) is 6.58 Å². The SMILES string of the molecule is C=C1C[C@@H](O)[C@@H]2[C@@H](C(=O)OC[C@]23CCC[C@@](C)(COC(C)=O)[C@H]3C=O)C1=O. The second-order valence-corrected chi connectivity index (χ2v) is 8.49. The lowest BCUT2D eigenvalue weighted by Gasteiger charge is -2.58. The van der Waals surface area contributed by atoms with E-state index in [0.717, 1.165) is 6.29 Å². The topological polar surface area (TPSA) is 107 Å². The minimum atomic E-state index is -1.13. The fraction of sp³-hybridized carbons (Fsp3) is 0.700. The van der Waals surface area contributed by atoms with E-state index in [1.54, 1.807) is 0 Å². The van der Waals surface area contributed by atoms with Crippen molar-refractivity contribution in [1.82, 2.24) is 0 Å². The summed E-state index contributed by atoms with van der Waals surface area (Å²) in [7, 11) is 0. The Morgan fingerprint density at radius 2 is 2.11 bits per heavy atom. The molecule has 2 aliphatic carbocycles. The summed E-state index contributed by atoms with van der Waals surface area (Å²) in [6, 6.07) is 0. The van der Waals surface area contributed by atoms with E-state index in [1.807, 2.05) is 6.92 Å². The lowest BCUT2D eigenvalue weighted by Crippen LogP contribution is -2.64. The summed E-state index contributed by atoms with van der Waals surface area (Å²) in [6.07, 6.45) is 1.88. The summed E-state index contributed by atoms with van der Waals surface area (Å²) >= 11 is 0. The second-order valence-electron chi connectivity index (χ2n) is 8.49. The number of carbonyl (C=O) groups excluding carboxylic acids is 4. The van der Waals surface area contributed by atoms with Crippen LogP contribution >= 0.6 is 0 Å². The molecular formula is C20H26O7. The van der Waals surface area contributed by atoms with Crippen LogP contribution in [0.4, 0.5) is 0 Å². The highest BCUT2D eigenvalue weighted by molar-refractivity contribution is 6.09. The number of rotatable bonds is 3. The van der Waals surface area contributed by atoms with E-state index in [-0.39, 0.29) is 25.2 Å². The van der Waals surface area contributed by atoms with Crippen molar-refractivity contribution in [3.05, 3.63) is 12.2 Å². The van der Waals surface area contributed by atoms with Crippen molar-refractivity contribution >= 4 is 24.0 Å². The number of carbonyl (C=O) groups is 4. The number of ether oxygens (including phenoxy) is 2. The molecule has 3 rings (SSSR count). The monoisotopic (exact) mass is 378 g/mol. The number of aliphatic hydroxyl groups excluding tert-OH is 1. The predicted molar refractivity (Wildman–Crippen MR) is 93.3 cm³/mol. The maximum atomic E-state index is 12.6. The number of aldehydes is 1. The van der Waals surface area contributed by atoms with Gasteiger partial charge in [-0.25, -0.2) is 0 Å². The molecule has 7 heteroatoms. The van der Waals surface area contributed by atoms with Crippen LogP contribution in [0.3, 0.4) is 0 Å². The third kappa shape index (κ3) is 3.02. The second kappa shape index (κ2) is 6.86. The van der Waals surface area contributed by atoms with Gasteiger partial charge in [0.25, 0.3) is 0 Å². The van der Waals surface area contributed by atoms with Crippen LogP contribution in [0, 0.1) is 28.6 Å². The normalized spacial score (nSPS) is 41.7. The molecule has 0 radical (unpaired) electrons. The van der Waals surface area contributed by atoms with Crippen molar-refractivity contribution in [2.75, 3.05) is 13.2 Å². The minimum Gasteiger partial charge on any atom is -0.465 e. The molecule has 6 atom stereocenters. The lowest BCUT2D eigenvalue weighted by molar-refractivity contribution is -0.208. The molecule has 1 N–H and O–H groups in total. The van der Waals surface area contributed by atoms with Crippen LogP contribution in [0.2, 0.25) is 0 Å². The molecule has 1 spiro atoms. The first kappa shape index (κ1) is 19.7. The number of cyclic esters (lactones) is 1. The van der Waals surface area contributed by atoms with E-state index in [0.29, 0.717) is 19.3 Å². The van der Waals surface area contributed by atoms with Crippen LogP contribution in [0.25, 0.3) is 0 Å². The van der Waals surface area contributed by atoms with Gasteiger partial charge in [0.05, 0.1) is 19.3 Å². The highest BCUT2D eigenvalue weighted by Gasteiger charge is 2.65. The van der Waals surface area contributed by atoms with Crippen LogP contribution < -0.4 is 0 Å². The molecule has 1 saturated heterocycles. The molecular weight excluding hydrogens is 352 g/mol. The lowest BCUT2D eigenvalue weighted by atomic mass is 9.47. The number of esters is 2. The van der Waals surface area contributed by atoms with E-state index >= 15 is 0 Å². The summed E-state index contributed by atoms with van der Waals surface area (Å²) in [5.41, 5.74) is -1.31. The van der Waals surface area contributed by atoms with Crippen LogP contribution in [-0.2, 0) is 28.7 Å². The summed E-state index contributed by atoms with van der Waals surface area (Å²) in [5.74, 6) is -3.96. The van der Waals surface area contributed by atoms with Gasteiger partial charge in [-0.3, -0.25) is 14.4 Å². The van der Waals surface area contributed by atoms with Crippen molar-refractivity contribution in [2.24, 2.45) is 28.6 Å². The van der Waals surface area contributed by atoms with Crippen LogP contribution in [-0.4, -0.2) is 48.4 Å². The Labute approximate surface area is 158 Å². The summed E-state index contributed by atoms with van der Waals surface area (Å²) in [6.45, 7) is 6.90. The fourth-order valence-corrected chi connectivity index (χ4v) is 5.54. The number of Topliss-reactive ketones (excluding diaryl/α,β-unsaturated/α-hetero) is 1. The van der Waals surface area contributed by atoms with Gasteiger partial charge in [0.2, 0.25) is 0 Å². The molecule has 7 nitrogen and oxygen atoms in total. The van der Waals surface area contributed by atoms with E-state index < -0.39 is 52.4 Å². The highest BCUT2D eigenvalue weighted by Crippen LogP contribution is 2.60. The van der Waals surface area contributed by atoms with E-state index in [4.69, 9.17) is 9.47 Å². The number of hydrogen-bond donors (Lipinski definition) is 1. The van der Waals surface area contributed by atoms with Gasteiger partial charge in [0.15, 0.2) is 5.78 Å². The largest absolute Gasteiger partial charge is 0.465 e. The molecule has 148 valence electrons. The minimum absolute atomic E-state index is 0.0249. The quantitative estimate of drug-likeness (QED) is 0.340. The molecule has 3 fully saturated rings. The summed E-state index contributed by atoms with van der Waals surface area (Å²) in [5, 5.41) is 10.8. The van der Waals surface area contributed by atoms with E-state index in [1.165, 1.54) is 6.92 Å². The zero-order valence-electron chi connectivity index (χ0n) is 15.7. The number of fused-ring (bicyclic) bond motifs is 2. The molecule has 0 aromatic heterocycles. The predicted octanol–water partition coefficient (Wildman–Crippen LogP) is 1.22. The zero-order valence-corrected chi connectivity index (χ0v) is 15.7. The third-order valence-electron chi connectivity index (χ3n) is 6.76. The Kier molecular flexibility index (Phi) is 5.01. The van der Waals surface area contributed by atoms with Gasteiger partial charge in [-0.2, -0.15) is 0 Å². The van der Waals surface area contributed by atoms with Crippen molar-refractivity contribution in [2.45, 2.75) is 45.6 Å². The van der Waals surface area contributed by atoms with Gasteiger partial charge in [-0.1, -0.05) is 19.9 Å². The highest BCUT2D eigenvalue weighted by atomic mass is 16.5. The maximum absolute atomic E-state index is 12.6. The molecule has 2 saturated carbocycles. The van der Waals surface area contributed by atoms with Crippen molar-refractivity contribution in [3.8, 4) is 0 Å². The molecule has 0 aromatic carbocycles. The third-order valence-corrected chi connectivity index (χ3v) is 6.76. The smallest absolute Gasteiger partial charge is 0.317 e. The van der Waals surface area contributed by atoms with Gasteiger partial charge in [-0.05, 0) is 18.4 Å². The van der Waals surface area contributed by atoms with Crippen molar-refractivity contribution in [1.29, 1.82) is 0 Å². The van der Waals surface area contributed by atoms with Crippen LogP contribution in [0.5, 0.6) is 0 Å². The summed E-state index contributed by atoms with van der Waals surface area (Å²) < 4.78 is 10.6. The molecule has 27 heavy (non-hydrogen) atoms. The average Bonchev–Trinajstić information content (AvgIpc) is 2.60. The first-order valence-corrected chi connectivity index (χ1v) is 9.31. The Balaban J connectivity index is 2.04. The van der Waals surface area contributed by atoms with Crippen LogP contribution in [0.1, 0.15) is 39.5 Å². The van der Waals surface area contributed by atoms with Gasteiger partial charge >= 0.3 is 11.9 Å². The molecule has 0 bridgehead atoms. The van der Waals surface area contributed by atoms with Crippen molar-refractivity contribution in [3.63, 3.8) is 0 Å². The molecule has 1 heterocycles. The fourth-order valence-electron chi connectivity index (χ4n) is 5.54. The Morgan fingerprint density at radius 1 is 1.41 bits per heavy atom. The number of hydrogen-bond acceptors (Lipinski definition) is 7. The maximum Gasteiger partial charge on any atom is 0.317 e. The molecule has 0 unspecified atom stereocenters. The Morgan fingerprint density at radius 3 is 2.74 bits per heavy atom. The van der Waals surface area contributed by atoms with Crippen LogP contribution in [0.15, 0.2) is 12.2 Å². The average molecular weight is 378 g/mol. The zero-order chi connectivity index (χ0) is 20.0. The van der Waals surface area contributed by atoms with E-state index in [9.17, 15) is 24.3 Å². The number of aliphatic hydroxyl groups is 1. The van der Waals surface area contributed by atoms with Gasteiger partial charge in [-0.15, -0.1) is 0 Å². The Hall–Kier alpha value is -2.02. The van der Waals surface area contributed by atoms with Gasteiger partial charge in [0, 0.05) is 36.0 Å². The molecule has 0 amide bonds. The van der Waals surface area contributed by atoms with Gasteiger partial charge < -0.3 is 19.4 Å². The van der Waals surface area contributed by atoms with Gasteiger partial charge in [0.1, 0.15) is 12.2 Å². The molecule has 0 aromatic rings. The van der Waals surface area contributed by atoms with Crippen molar-refractivity contribution < 1.29 is 33.8 Å². The summed E-state index contributed by atoms with van der Waals surface area (Å²) in [4.78, 5) is 48.6. The molecule has 3 aliphatic rings. The first-order valence-electron chi connectivity index (χ1n) is 9.31. The standard InChI is InChI=1S/C20H26O7/c1-11-7-13(23)16-15(17(11)24)18(25)27-10-20(16)6-4-5-19(3,14(20)8-21)9-26-12(2)22/h8,13-16,23H,1,4-7,9-10H2,2-3H3/t13-,14-,15-,16-,19+,20+/m1/s1.